The van der Waals surface area contributed by atoms with Crippen molar-refractivity contribution < 1.29 is 4.74 Å². The Morgan fingerprint density at radius 2 is 1.88 bits per heavy atom. The molecular formula is C15H13NO. The molecule has 0 amide bonds. The predicted molar refractivity (Wildman–Crippen MR) is 70.6 cm³/mol. The van der Waals surface area contributed by atoms with Crippen LogP contribution in [0.5, 0.6) is 5.75 Å². The lowest BCUT2D eigenvalue weighted by Crippen LogP contribution is -1.96. The highest BCUT2D eigenvalue weighted by atomic mass is 16.5. The van der Waals surface area contributed by atoms with Crippen molar-refractivity contribution in [1.82, 2.24) is 0 Å². The molecule has 0 unspecified atom stereocenters. The zero-order chi connectivity index (χ0) is 12.1. The molecule has 2 rings (SSSR count). The Balaban J connectivity index is 2.30. The maximum atomic E-state index is 5.99. The van der Waals surface area contributed by atoms with E-state index < -0.39 is 0 Å². The van der Waals surface area contributed by atoms with Crippen LogP contribution in [0.2, 0.25) is 0 Å². The molecule has 2 aromatic rings. The van der Waals surface area contributed by atoms with Gasteiger partial charge in [0.1, 0.15) is 12.4 Å². The van der Waals surface area contributed by atoms with Gasteiger partial charge in [-0.2, -0.15) is 0 Å². The maximum absolute atomic E-state index is 5.99. The van der Waals surface area contributed by atoms with Crippen LogP contribution in [0.25, 0.3) is 11.1 Å². The summed E-state index contributed by atoms with van der Waals surface area (Å²) in [6.07, 6.45) is 5.13. The van der Waals surface area contributed by atoms with Gasteiger partial charge in [0, 0.05) is 17.3 Å². The molecule has 0 fully saturated rings. The predicted octanol–water partition coefficient (Wildman–Crippen LogP) is 2.95. The molecule has 2 N–H and O–H groups in total. The Bertz CT molecular complexity index is 541. The Hall–Kier alpha value is -2.40. The molecule has 0 saturated carbocycles. The molecule has 17 heavy (non-hydrogen) atoms. The molecule has 0 spiro atoms. The van der Waals surface area contributed by atoms with E-state index >= 15 is 0 Å². The lowest BCUT2D eigenvalue weighted by atomic mass is 10.0. The standard InChI is InChI=1S/C15H13NO/c1-2-10-17-13-8-9-14(15(16)11-13)12-6-4-3-5-7-12/h1,3-9,11H,10,16H2. The fraction of sp³-hybridized carbons (Fsp3) is 0.0667. The molecule has 0 atom stereocenters. The van der Waals surface area contributed by atoms with Crippen molar-refractivity contribution >= 4 is 5.69 Å². The number of anilines is 1. The molecule has 0 aromatic heterocycles. The third-order valence-corrected chi connectivity index (χ3v) is 2.43. The summed E-state index contributed by atoms with van der Waals surface area (Å²) >= 11 is 0. The molecular weight excluding hydrogens is 210 g/mol. The fourth-order valence-corrected chi connectivity index (χ4v) is 1.64. The van der Waals surface area contributed by atoms with Crippen molar-refractivity contribution in [3.05, 3.63) is 48.5 Å². The van der Waals surface area contributed by atoms with E-state index in [0.717, 1.165) is 11.1 Å². The Morgan fingerprint density at radius 3 is 2.53 bits per heavy atom. The minimum atomic E-state index is 0.254. The zero-order valence-corrected chi connectivity index (χ0v) is 9.39. The first-order valence-corrected chi connectivity index (χ1v) is 5.32. The summed E-state index contributed by atoms with van der Waals surface area (Å²) < 4.78 is 5.31. The minimum absolute atomic E-state index is 0.254. The van der Waals surface area contributed by atoms with E-state index in [1.807, 2.05) is 42.5 Å². The molecule has 0 aliphatic heterocycles. The molecule has 0 radical (unpaired) electrons. The number of hydrogen-bond acceptors (Lipinski definition) is 2. The van der Waals surface area contributed by atoms with Crippen LogP contribution in [0.4, 0.5) is 5.69 Å². The summed E-state index contributed by atoms with van der Waals surface area (Å²) in [5.74, 6) is 3.11. The molecule has 2 aromatic carbocycles. The van der Waals surface area contributed by atoms with Crippen molar-refractivity contribution in [2.75, 3.05) is 12.3 Å². The number of nitrogen functional groups attached to an aromatic ring is 1. The smallest absolute Gasteiger partial charge is 0.148 e. The highest BCUT2D eigenvalue weighted by Gasteiger charge is 2.03. The average Bonchev–Trinajstić information content (AvgIpc) is 2.37. The van der Waals surface area contributed by atoms with Crippen molar-refractivity contribution in [2.45, 2.75) is 0 Å². The van der Waals surface area contributed by atoms with Crippen molar-refractivity contribution in [3.63, 3.8) is 0 Å². The summed E-state index contributed by atoms with van der Waals surface area (Å²) in [7, 11) is 0. The van der Waals surface area contributed by atoms with Gasteiger partial charge in [0.05, 0.1) is 0 Å². The topological polar surface area (TPSA) is 35.2 Å². The SMILES string of the molecule is C#CCOc1ccc(-c2ccccc2)c(N)c1. The van der Waals surface area contributed by atoms with Crippen LogP contribution in [0.15, 0.2) is 48.5 Å². The first-order chi connectivity index (χ1) is 8.31. The first-order valence-electron chi connectivity index (χ1n) is 5.32. The van der Waals surface area contributed by atoms with Crippen LogP contribution < -0.4 is 10.5 Å². The van der Waals surface area contributed by atoms with Crippen LogP contribution in [0, 0.1) is 12.3 Å². The largest absolute Gasteiger partial charge is 0.481 e. The molecule has 0 bridgehead atoms. The summed E-state index contributed by atoms with van der Waals surface area (Å²) in [5, 5.41) is 0. The number of rotatable bonds is 3. The second-order valence-electron chi connectivity index (χ2n) is 3.61. The first kappa shape index (κ1) is 11.1. The van der Waals surface area contributed by atoms with Gasteiger partial charge in [-0.1, -0.05) is 36.3 Å². The number of terminal acetylenes is 1. The second-order valence-corrected chi connectivity index (χ2v) is 3.61. The maximum Gasteiger partial charge on any atom is 0.148 e. The van der Waals surface area contributed by atoms with Gasteiger partial charge in [0.15, 0.2) is 0 Å². The average molecular weight is 223 g/mol. The van der Waals surface area contributed by atoms with E-state index in [1.54, 1.807) is 6.07 Å². The monoisotopic (exact) mass is 223 g/mol. The van der Waals surface area contributed by atoms with Crippen LogP contribution >= 0.6 is 0 Å². The van der Waals surface area contributed by atoms with Crippen LogP contribution in [-0.4, -0.2) is 6.61 Å². The van der Waals surface area contributed by atoms with Crippen molar-refractivity contribution in [3.8, 4) is 29.2 Å². The number of hydrogen-bond donors (Lipinski definition) is 1. The summed E-state index contributed by atoms with van der Waals surface area (Å²) in [6.45, 7) is 0.254. The molecule has 2 heteroatoms. The van der Waals surface area contributed by atoms with E-state index in [-0.39, 0.29) is 6.61 Å². The van der Waals surface area contributed by atoms with E-state index in [2.05, 4.69) is 5.92 Å². The van der Waals surface area contributed by atoms with Gasteiger partial charge >= 0.3 is 0 Å². The number of benzene rings is 2. The van der Waals surface area contributed by atoms with E-state index in [1.165, 1.54) is 0 Å². The number of nitrogens with two attached hydrogens (primary N) is 1. The number of ether oxygens (including phenoxy) is 1. The van der Waals surface area contributed by atoms with E-state index in [4.69, 9.17) is 16.9 Å². The highest BCUT2D eigenvalue weighted by Crippen LogP contribution is 2.28. The molecule has 0 aliphatic carbocycles. The van der Waals surface area contributed by atoms with Crippen LogP contribution in [0.3, 0.4) is 0 Å². The van der Waals surface area contributed by atoms with Gasteiger partial charge in [-0.05, 0) is 17.7 Å². The molecule has 0 heterocycles. The van der Waals surface area contributed by atoms with Crippen LogP contribution in [0.1, 0.15) is 0 Å². The molecule has 0 aliphatic rings. The van der Waals surface area contributed by atoms with Crippen molar-refractivity contribution in [2.24, 2.45) is 0 Å². The third-order valence-electron chi connectivity index (χ3n) is 2.43. The van der Waals surface area contributed by atoms with Crippen LogP contribution in [-0.2, 0) is 0 Å². The van der Waals surface area contributed by atoms with E-state index in [9.17, 15) is 0 Å². The summed E-state index contributed by atoms with van der Waals surface area (Å²) in [6, 6.07) is 15.6. The fourth-order valence-electron chi connectivity index (χ4n) is 1.64. The zero-order valence-electron chi connectivity index (χ0n) is 9.39. The minimum Gasteiger partial charge on any atom is -0.481 e. The molecule has 2 nitrogen and oxygen atoms in total. The third kappa shape index (κ3) is 2.59. The Morgan fingerprint density at radius 1 is 1.12 bits per heavy atom. The normalized spacial score (nSPS) is 9.59. The van der Waals surface area contributed by atoms with Gasteiger partial charge in [-0.15, -0.1) is 6.42 Å². The van der Waals surface area contributed by atoms with Gasteiger partial charge in [0.2, 0.25) is 0 Å². The van der Waals surface area contributed by atoms with Gasteiger partial charge in [0.25, 0.3) is 0 Å². The second kappa shape index (κ2) is 5.09. The summed E-state index contributed by atoms with van der Waals surface area (Å²) in [4.78, 5) is 0. The lowest BCUT2D eigenvalue weighted by molar-refractivity contribution is 0.370. The van der Waals surface area contributed by atoms with Gasteiger partial charge < -0.3 is 10.5 Å². The molecule has 0 saturated heterocycles. The van der Waals surface area contributed by atoms with Gasteiger partial charge in [-0.3, -0.25) is 0 Å². The highest BCUT2D eigenvalue weighted by molar-refractivity contribution is 5.77. The quantitative estimate of drug-likeness (QED) is 0.641. The Labute approximate surface area is 101 Å². The molecule has 84 valence electrons. The van der Waals surface area contributed by atoms with E-state index in [0.29, 0.717) is 11.4 Å². The summed E-state index contributed by atoms with van der Waals surface area (Å²) in [5.41, 5.74) is 8.77. The Kier molecular flexibility index (Phi) is 3.32. The van der Waals surface area contributed by atoms with Crippen molar-refractivity contribution in [1.29, 1.82) is 0 Å². The lowest BCUT2D eigenvalue weighted by Gasteiger charge is -2.08. The van der Waals surface area contributed by atoms with Gasteiger partial charge in [-0.25, -0.2) is 0 Å².